The average Bonchev–Trinajstić information content (AvgIpc) is 2.76. The van der Waals surface area contributed by atoms with Gasteiger partial charge >= 0.3 is 5.97 Å². The molecule has 0 saturated carbocycles. The molecule has 0 unspecified atom stereocenters. The Hall–Kier alpha value is -2.73. The number of benzene rings is 2. The first-order chi connectivity index (χ1) is 13.9. The molecule has 0 bridgehead atoms. The van der Waals surface area contributed by atoms with Gasteiger partial charge in [-0.15, -0.1) is 0 Å². The highest BCUT2D eigenvalue weighted by molar-refractivity contribution is 5.89. The molecule has 0 amide bonds. The lowest BCUT2D eigenvalue weighted by molar-refractivity contribution is -0.231. The summed E-state index contributed by atoms with van der Waals surface area (Å²) in [6, 6.07) is 13.6. The van der Waals surface area contributed by atoms with Crippen LogP contribution in [-0.2, 0) is 9.47 Å². The van der Waals surface area contributed by atoms with Crippen LogP contribution in [0.15, 0.2) is 48.5 Å². The first-order valence-corrected chi connectivity index (χ1v) is 9.05. The summed E-state index contributed by atoms with van der Waals surface area (Å²) in [6.07, 6.45) is -6.10. The van der Waals surface area contributed by atoms with E-state index in [4.69, 9.17) is 9.47 Å². The summed E-state index contributed by atoms with van der Waals surface area (Å²) < 4.78 is 10.3. The Balaban J connectivity index is 1.84. The van der Waals surface area contributed by atoms with E-state index in [1.54, 1.807) is 48.5 Å². The summed E-state index contributed by atoms with van der Waals surface area (Å²) in [5.41, 5.74) is 2.21. The Kier molecular flexibility index (Phi) is 6.64. The zero-order chi connectivity index (χ0) is 21.0. The molecule has 0 aliphatic carbocycles. The maximum atomic E-state index is 11.6. The third-order valence-corrected chi connectivity index (χ3v) is 4.74. The van der Waals surface area contributed by atoms with Crippen LogP contribution in [0.3, 0.4) is 0 Å². The molecule has 0 radical (unpaired) electrons. The van der Waals surface area contributed by atoms with Crippen molar-refractivity contribution in [2.75, 3.05) is 13.7 Å². The molecule has 0 aromatic heterocycles. The van der Waals surface area contributed by atoms with Gasteiger partial charge < -0.3 is 29.9 Å². The van der Waals surface area contributed by atoms with Gasteiger partial charge in [0.05, 0.1) is 19.3 Å². The number of carbonyl (C=O) groups is 1. The van der Waals surface area contributed by atoms with Crippen LogP contribution in [-0.4, -0.2) is 64.5 Å². The van der Waals surface area contributed by atoms with Gasteiger partial charge in [0.1, 0.15) is 30.5 Å². The average molecular weight is 398 g/mol. The molecular formula is C22H22O7. The van der Waals surface area contributed by atoms with Gasteiger partial charge in [-0.2, -0.15) is 0 Å². The third-order valence-electron chi connectivity index (χ3n) is 4.74. The fourth-order valence-electron chi connectivity index (χ4n) is 3.16. The topological polar surface area (TPSA) is 116 Å². The second kappa shape index (κ2) is 9.18. The van der Waals surface area contributed by atoms with Gasteiger partial charge in [-0.05, 0) is 35.9 Å². The van der Waals surface area contributed by atoms with Gasteiger partial charge in [-0.3, -0.25) is 0 Å². The summed E-state index contributed by atoms with van der Waals surface area (Å²) in [5.74, 6) is 5.50. The number of rotatable bonds is 3. The monoisotopic (exact) mass is 398 g/mol. The Bertz CT molecular complexity index is 928. The standard InChI is InChI=1S/C22H22O7/c1-28-22(27)16-7-3-5-14(11-16)9-8-13-4-2-6-15(10-13)21-20(26)19(25)18(24)17(12-23)29-21/h2-7,10-11,17-21,23-26H,12H2,1H3/t17-,18-,19+,20+,21-/m1/s1. The summed E-state index contributed by atoms with van der Waals surface area (Å²) in [7, 11) is 1.31. The smallest absolute Gasteiger partial charge is 0.337 e. The molecule has 29 heavy (non-hydrogen) atoms. The number of esters is 1. The first kappa shape index (κ1) is 21.0. The van der Waals surface area contributed by atoms with E-state index in [1.807, 2.05) is 0 Å². The van der Waals surface area contributed by atoms with Crippen LogP contribution < -0.4 is 0 Å². The van der Waals surface area contributed by atoms with Crippen LogP contribution in [0.25, 0.3) is 0 Å². The van der Waals surface area contributed by atoms with Crippen molar-refractivity contribution in [2.24, 2.45) is 0 Å². The van der Waals surface area contributed by atoms with Crippen molar-refractivity contribution in [3.05, 3.63) is 70.8 Å². The Labute approximate surface area is 168 Å². The predicted octanol–water partition coefficient (Wildman–Crippen LogP) is 0.388. The minimum atomic E-state index is -1.44. The molecule has 0 spiro atoms. The molecule has 7 nitrogen and oxygen atoms in total. The van der Waals surface area contributed by atoms with Crippen molar-refractivity contribution >= 4 is 5.97 Å². The fourth-order valence-corrected chi connectivity index (χ4v) is 3.16. The van der Waals surface area contributed by atoms with Crippen LogP contribution in [0.2, 0.25) is 0 Å². The zero-order valence-corrected chi connectivity index (χ0v) is 15.7. The van der Waals surface area contributed by atoms with E-state index in [2.05, 4.69) is 11.8 Å². The lowest BCUT2D eigenvalue weighted by Gasteiger charge is -2.40. The Morgan fingerprint density at radius 2 is 1.66 bits per heavy atom. The van der Waals surface area contributed by atoms with E-state index >= 15 is 0 Å². The highest BCUT2D eigenvalue weighted by Crippen LogP contribution is 2.32. The fraction of sp³-hybridized carbons (Fsp3) is 0.318. The normalized spacial score (nSPS) is 26.3. The number of methoxy groups -OCH3 is 1. The summed E-state index contributed by atoms with van der Waals surface area (Å²) in [5, 5.41) is 39.5. The highest BCUT2D eigenvalue weighted by atomic mass is 16.5. The molecule has 1 fully saturated rings. The van der Waals surface area contributed by atoms with E-state index < -0.39 is 43.1 Å². The number of aliphatic hydroxyl groups excluding tert-OH is 4. The lowest BCUT2D eigenvalue weighted by atomic mass is 9.91. The molecule has 152 valence electrons. The van der Waals surface area contributed by atoms with Crippen LogP contribution >= 0.6 is 0 Å². The summed E-state index contributed by atoms with van der Waals surface area (Å²) >= 11 is 0. The number of hydrogen-bond acceptors (Lipinski definition) is 7. The van der Waals surface area contributed by atoms with Crippen LogP contribution in [0, 0.1) is 11.8 Å². The second-order valence-electron chi connectivity index (χ2n) is 6.70. The number of aliphatic hydroxyl groups is 4. The quantitative estimate of drug-likeness (QED) is 0.437. The number of carbonyl (C=O) groups excluding carboxylic acids is 1. The van der Waals surface area contributed by atoms with E-state index in [0.29, 0.717) is 22.3 Å². The van der Waals surface area contributed by atoms with Gasteiger partial charge in [0, 0.05) is 11.1 Å². The minimum Gasteiger partial charge on any atom is -0.465 e. The van der Waals surface area contributed by atoms with Gasteiger partial charge in [-0.1, -0.05) is 30.0 Å². The highest BCUT2D eigenvalue weighted by Gasteiger charge is 2.43. The molecule has 7 heteroatoms. The van der Waals surface area contributed by atoms with Gasteiger partial charge in [0.2, 0.25) is 0 Å². The van der Waals surface area contributed by atoms with Crippen molar-refractivity contribution in [3.8, 4) is 11.8 Å². The van der Waals surface area contributed by atoms with E-state index in [-0.39, 0.29) is 0 Å². The lowest BCUT2D eigenvalue weighted by Crippen LogP contribution is -2.55. The molecule has 5 atom stereocenters. The van der Waals surface area contributed by atoms with Crippen molar-refractivity contribution in [3.63, 3.8) is 0 Å². The van der Waals surface area contributed by atoms with E-state index in [9.17, 15) is 25.2 Å². The SMILES string of the molecule is COC(=O)c1cccc(C#Cc2cccc([C@H]3O[C@H](CO)[C@@H](O)[C@H](O)[C@@H]3O)c2)c1. The van der Waals surface area contributed by atoms with Gasteiger partial charge in [-0.25, -0.2) is 4.79 Å². The molecule has 1 saturated heterocycles. The van der Waals surface area contributed by atoms with Crippen molar-refractivity contribution in [1.82, 2.24) is 0 Å². The van der Waals surface area contributed by atoms with Crippen molar-refractivity contribution in [1.29, 1.82) is 0 Å². The molecule has 2 aromatic rings. The van der Waals surface area contributed by atoms with Gasteiger partial charge in [0.25, 0.3) is 0 Å². The molecule has 1 heterocycles. The van der Waals surface area contributed by atoms with Crippen molar-refractivity contribution < 1.29 is 34.7 Å². The molecule has 3 rings (SSSR count). The number of hydrogen-bond donors (Lipinski definition) is 4. The third kappa shape index (κ3) is 4.65. The van der Waals surface area contributed by atoms with Crippen LogP contribution in [0.4, 0.5) is 0 Å². The predicted molar refractivity (Wildman–Crippen MR) is 103 cm³/mol. The molecular weight excluding hydrogens is 376 g/mol. The Morgan fingerprint density at radius 1 is 1.00 bits per heavy atom. The van der Waals surface area contributed by atoms with Crippen LogP contribution in [0.1, 0.15) is 33.2 Å². The maximum Gasteiger partial charge on any atom is 0.337 e. The van der Waals surface area contributed by atoms with Gasteiger partial charge in [0.15, 0.2) is 0 Å². The molecule has 1 aliphatic rings. The molecule has 2 aromatic carbocycles. The second-order valence-corrected chi connectivity index (χ2v) is 6.70. The maximum absolute atomic E-state index is 11.6. The minimum absolute atomic E-state index is 0.398. The summed E-state index contributed by atoms with van der Waals surface area (Å²) in [6.45, 7) is -0.489. The van der Waals surface area contributed by atoms with E-state index in [1.165, 1.54) is 7.11 Å². The largest absolute Gasteiger partial charge is 0.465 e. The van der Waals surface area contributed by atoms with Crippen molar-refractivity contribution in [2.45, 2.75) is 30.5 Å². The van der Waals surface area contributed by atoms with E-state index in [0.717, 1.165) is 0 Å². The summed E-state index contributed by atoms with van der Waals surface area (Å²) in [4.78, 5) is 11.6. The molecule has 4 N–H and O–H groups in total. The first-order valence-electron chi connectivity index (χ1n) is 9.05. The Morgan fingerprint density at radius 3 is 2.31 bits per heavy atom. The number of ether oxygens (including phenoxy) is 2. The molecule has 1 aliphatic heterocycles. The zero-order valence-electron chi connectivity index (χ0n) is 15.7. The van der Waals surface area contributed by atoms with Crippen LogP contribution in [0.5, 0.6) is 0 Å².